The van der Waals surface area contributed by atoms with E-state index in [9.17, 15) is 15.0 Å². The van der Waals surface area contributed by atoms with E-state index >= 15 is 0 Å². The van der Waals surface area contributed by atoms with Gasteiger partial charge in [-0.3, -0.25) is 9.69 Å². The lowest BCUT2D eigenvalue weighted by Gasteiger charge is -2.32. The van der Waals surface area contributed by atoms with Crippen molar-refractivity contribution in [2.75, 3.05) is 6.54 Å². The first-order valence-corrected chi connectivity index (χ1v) is 7.32. The van der Waals surface area contributed by atoms with E-state index in [4.69, 9.17) is 0 Å². The number of phenolic OH excluding ortho intramolecular Hbond substituents is 1. The Labute approximate surface area is 123 Å². The minimum Gasteiger partial charge on any atom is -0.508 e. The molecule has 1 aliphatic heterocycles. The van der Waals surface area contributed by atoms with E-state index in [2.05, 4.69) is 6.07 Å². The summed E-state index contributed by atoms with van der Waals surface area (Å²) >= 11 is 0. The smallest absolute Gasteiger partial charge is 0.320 e. The van der Waals surface area contributed by atoms with Crippen LogP contribution < -0.4 is 0 Å². The fourth-order valence-electron chi connectivity index (χ4n) is 3.08. The van der Waals surface area contributed by atoms with Crippen molar-refractivity contribution in [1.29, 1.82) is 0 Å². The van der Waals surface area contributed by atoms with E-state index < -0.39 is 5.97 Å². The van der Waals surface area contributed by atoms with E-state index in [0.29, 0.717) is 6.54 Å². The molecule has 0 saturated carbocycles. The summed E-state index contributed by atoms with van der Waals surface area (Å²) in [6, 6.07) is 11.0. The Morgan fingerprint density at radius 2 is 1.90 bits per heavy atom. The van der Waals surface area contributed by atoms with Crippen LogP contribution in [0, 0.1) is 0 Å². The second-order valence-corrected chi connectivity index (χ2v) is 5.69. The zero-order valence-corrected chi connectivity index (χ0v) is 11.8. The Kier molecular flexibility index (Phi) is 3.80. The van der Waals surface area contributed by atoms with Gasteiger partial charge in [0, 0.05) is 6.54 Å². The van der Waals surface area contributed by atoms with Gasteiger partial charge in [-0.1, -0.05) is 24.6 Å². The highest BCUT2D eigenvalue weighted by molar-refractivity contribution is 5.84. The highest BCUT2D eigenvalue weighted by atomic mass is 16.4. The molecule has 2 aromatic rings. The normalized spacial score (nSPS) is 19.7. The number of benzene rings is 2. The van der Waals surface area contributed by atoms with E-state index in [-0.39, 0.29) is 11.8 Å². The van der Waals surface area contributed by atoms with Crippen molar-refractivity contribution >= 4 is 16.7 Å². The number of likely N-dealkylation sites (tertiary alicyclic amines) is 1. The van der Waals surface area contributed by atoms with Gasteiger partial charge in [0.15, 0.2) is 0 Å². The van der Waals surface area contributed by atoms with Crippen molar-refractivity contribution in [2.24, 2.45) is 0 Å². The van der Waals surface area contributed by atoms with Crippen LogP contribution in [-0.4, -0.2) is 33.7 Å². The first-order chi connectivity index (χ1) is 10.1. The van der Waals surface area contributed by atoms with Crippen molar-refractivity contribution < 1.29 is 15.0 Å². The second kappa shape index (κ2) is 5.74. The number of phenols is 1. The fourth-order valence-corrected chi connectivity index (χ4v) is 3.08. The summed E-state index contributed by atoms with van der Waals surface area (Å²) in [6.45, 7) is 1.50. The maximum atomic E-state index is 11.3. The van der Waals surface area contributed by atoms with Crippen LogP contribution in [-0.2, 0) is 11.3 Å². The van der Waals surface area contributed by atoms with Crippen LogP contribution in [0.5, 0.6) is 5.75 Å². The van der Waals surface area contributed by atoms with Crippen molar-refractivity contribution in [1.82, 2.24) is 4.90 Å². The van der Waals surface area contributed by atoms with Gasteiger partial charge in [0.05, 0.1) is 0 Å². The first kappa shape index (κ1) is 13.9. The third-order valence-electron chi connectivity index (χ3n) is 4.17. The average molecular weight is 285 g/mol. The molecule has 2 aromatic carbocycles. The molecule has 0 amide bonds. The van der Waals surface area contributed by atoms with Crippen LogP contribution in [0.1, 0.15) is 24.8 Å². The highest BCUT2D eigenvalue weighted by Crippen LogP contribution is 2.24. The zero-order chi connectivity index (χ0) is 14.8. The lowest BCUT2D eigenvalue weighted by atomic mass is 10.0. The maximum absolute atomic E-state index is 11.3. The van der Waals surface area contributed by atoms with Crippen LogP contribution >= 0.6 is 0 Å². The number of hydrogen-bond donors (Lipinski definition) is 2. The topological polar surface area (TPSA) is 60.8 Å². The Balaban J connectivity index is 1.83. The first-order valence-electron chi connectivity index (χ1n) is 7.32. The number of aliphatic carboxylic acids is 1. The lowest BCUT2D eigenvalue weighted by Crippen LogP contribution is -2.43. The van der Waals surface area contributed by atoms with Crippen LogP contribution in [0.25, 0.3) is 10.8 Å². The average Bonchev–Trinajstić information content (AvgIpc) is 2.48. The molecule has 0 radical (unpaired) electrons. The molecule has 2 N–H and O–H groups in total. The number of carbonyl (C=O) groups is 1. The summed E-state index contributed by atoms with van der Waals surface area (Å²) in [4.78, 5) is 13.4. The largest absolute Gasteiger partial charge is 0.508 e. The van der Waals surface area contributed by atoms with Crippen molar-refractivity contribution in [3.63, 3.8) is 0 Å². The molecule has 1 fully saturated rings. The predicted molar refractivity (Wildman–Crippen MR) is 81.3 cm³/mol. The monoisotopic (exact) mass is 285 g/mol. The van der Waals surface area contributed by atoms with Crippen LogP contribution in [0.3, 0.4) is 0 Å². The molecule has 1 saturated heterocycles. The van der Waals surface area contributed by atoms with Crippen LogP contribution in [0.15, 0.2) is 36.4 Å². The fraction of sp³-hybridized carbons (Fsp3) is 0.353. The van der Waals surface area contributed by atoms with E-state index in [1.54, 1.807) is 12.1 Å². The van der Waals surface area contributed by atoms with Gasteiger partial charge in [0.2, 0.25) is 0 Å². The molecular formula is C17H19NO3. The molecule has 1 atom stereocenters. The SMILES string of the molecule is O=C(O)C1CCCCN1Cc1ccc2cc(O)ccc2c1. The molecule has 1 heterocycles. The summed E-state index contributed by atoms with van der Waals surface area (Å²) in [5.74, 6) is -0.461. The molecular weight excluding hydrogens is 266 g/mol. The quantitative estimate of drug-likeness (QED) is 0.910. The molecule has 1 unspecified atom stereocenters. The maximum Gasteiger partial charge on any atom is 0.320 e. The van der Waals surface area contributed by atoms with Gasteiger partial charge in [0.25, 0.3) is 0 Å². The summed E-state index contributed by atoms with van der Waals surface area (Å²) in [5.41, 5.74) is 1.11. The van der Waals surface area contributed by atoms with Gasteiger partial charge in [0.1, 0.15) is 11.8 Å². The van der Waals surface area contributed by atoms with Crippen molar-refractivity contribution in [3.05, 3.63) is 42.0 Å². The third kappa shape index (κ3) is 3.00. The van der Waals surface area contributed by atoms with E-state index in [1.165, 1.54) is 0 Å². The molecule has 0 bridgehead atoms. The highest BCUT2D eigenvalue weighted by Gasteiger charge is 2.28. The standard InChI is InChI=1S/C17H19NO3/c19-15-7-6-13-9-12(4-5-14(13)10-15)11-18-8-2-1-3-16(18)17(20)21/h4-7,9-10,16,19H,1-3,8,11H2,(H,20,21). The van der Waals surface area contributed by atoms with Gasteiger partial charge >= 0.3 is 5.97 Å². The summed E-state index contributed by atoms with van der Waals surface area (Å²) in [7, 11) is 0. The van der Waals surface area contributed by atoms with E-state index in [1.807, 2.05) is 23.1 Å². The molecule has 3 rings (SSSR count). The number of carboxylic acids is 1. The molecule has 1 aliphatic rings. The van der Waals surface area contributed by atoms with Crippen molar-refractivity contribution in [3.8, 4) is 5.75 Å². The Hall–Kier alpha value is -2.07. The molecule has 0 aromatic heterocycles. The van der Waals surface area contributed by atoms with E-state index in [0.717, 1.165) is 42.1 Å². The Bertz CT molecular complexity index is 668. The number of fused-ring (bicyclic) bond motifs is 1. The number of carboxylic acid groups (broad SMARTS) is 1. The van der Waals surface area contributed by atoms with Gasteiger partial charge in [-0.25, -0.2) is 0 Å². The molecule has 110 valence electrons. The predicted octanol–water partition coefficient (Wildman–Crippen LogP) is 2.98. The minimum absolute atomic E-state index is 0.261. The number of hydrogen-bond acceptors (Lipinski definition) is 3. The number of nitrogens with zero attached hydrogens (tertiary/aromatic N) is 1. The Morgan fingerprint density at radius 1 is 1.14 bits per heavy atom. The summed E-state index contributed by atoms with van der Waals surface area (Å²) in [6.07, 6.45) is 2.78. The van der Waals surface area contributed by atoms with Gasteiger partial charge in [-0.2, -0.15) is 0 Å². The lowest BCUT2D eigenvalue weighted by molar-refractivity contribution is -0.144. The second-order valence-electron chi connectivity index (χ2n) is 5.69. The van der Waals surface area contributed by atoms with Crippen molar-refractivity contribution in [2.45, 2.75) is 31.8 Å². The summed E-state index contributed by atoms with van der Waals surface area (Å²) < 4.78 is 0. The van der Waals surface area contributed by atoms with Gasteiger partial charge < -0.3 is 10.2 Å². The molecule has 4 nitrogen and oxygen atoms in total. The number of aromatic hydroxyl groups is 1. The zero-order valence-electron chi connectivity index (χ0n) is 11.8. The molecule has 4 heteroatoms. The van der Waals surface area contributed by atoms with Gasteiger partial charge in [-0.05, 0) is 53.9 Å². The third-order valence-corrected chi connectivity index (χ3v) is 4.17. The molecule has 21 heavy (non-hydrogen) atoms. The van der Waals surface area contributed by atoms with Gasteiger partial charge in [-0.15, -0.1) is 0 Å². The molecule has 0 aliphatic carbocycles. The Morgan fingerprint density at radius 3 is 2.71 bits per heavy atom. The number of piperidine rings is 1. The van der Waals surface area contributed by atoms with Crippen LogP contribution in [0.2, 0.25) is 0 Å². The minimum atomic E-state index is -0.722. The number of rotatable bonds is 3. The summed E-state index contributed by atoms with van der Waals surface area (Å²) in [5, 5.41) is 20.9. The van der Waals surface area contributed by atoms with Crippen LogP contribution in [0.4, 0.5) is 0 Å². The molecule has 0 spiro atoms.